The first kappa shape index (κ1) is 15.2. The third-order valence-corrected chi connectivity index (χ3v) is 3.79. The Hall–Kier alpha value is -2.22. The van der Waals surface area contributed by atoms with Gasteiger partial charge in [0, 0.05) is 13.1 Å². The minimum absolute atomic E-state index is 0.159. The highest BCUT2D eigenvalue weighted by Crippen LogP contribution is 2.28. The second kappa shape index (κ2) is 6.04. The number of likely N-dealkylation sites (tertiary alicyclic amines) is 1. The van der Waals surface area contributed by atoms with Crippen molar-refractivity contribution >= 4 is 17.3 Å². The molecule has 0 unspecified atom stereocenters. The number of nitrogen functional groups attached to an aromatic ring is 1. The maximum Gasteiger partial charge on any atom is 0.295 e. The van der Waals surface area contributed by atoms with Crippen LogP contribution in [0.5, 0.6) is 0 Å². The number of amides is 1. The lowest BCUT2D eigenvalue weighted by Gasteiger charge is -2.31. The highest BCUT2D eigenvalue weighted by molar-refractivity contribution is 6.01. The Bertz CT molecular complexity index is 571. The summed E-state index contributed by atoms with van der Waals surface area (Å²) in [7, 11) is 0. The van der Waals surface area contributed by atoms with Gasteiger partial charge in [-0.25, -0.2) is 4.39 Å². The van der Waals surface area contributed by atoms with E-state index in [9.17, 15) is 19.3 Å². The molecule has 0 saturated carbocycles. The molecule has 0 radical (unpaired) electrons. The molecule has 1 heterocycles. The van der Waals surface area contributed by atoms with Gasteiger partial charge in [0.25, 0.3) is 11.6 Å². The monoisotopic (exact) mass is 296 g/mol. The molecule has 1 aliphatic heterocycles. The second-order valence-electron chi connectivity index (χ2n) is 5.11. The van der Waals surface area contributed by atoms with Crippen molar-refractivity contribution in [3.8, 4) is 0 Å². The Morgan fingerprint density at radius 1 is 1.43 bits per heavy atom. The van der Waals surface area contributed by atoms with Gasteiger partial charge < -0.3 is 16.4 Å². The fourth-order valence-electron chi connectivity index (χ4n) is 2.47. The van der Waals surface area contributed by atoms with E-state index < -0.39 is 22.3 Å². The van der Waals surface area contributed by atoms with E-state index >= 15 is 0 Å². The van der Waals surface area contributed by atoms with Crippen LogP contribution in [0.4, 0.5) is 15.8 Å². The van der Waals surface area contributed by atoms with Crippen LogP contribution in [0.25, 0.3) is 0 Å². The maximum absolute atomic E-state index is 13.5. The van der Waals surface area contributed by atoms with E-state index in [1.165, 1.54) is 4.90 Å². The zero-order chi connectivity index (χ0) is 15.6. The van der Waals surface area contributed by atoms with Crippen molar-refractivity contribution < 1.29 is 14.1 Å². The van der Waals surface area contributed by atoms with Crippen LogP contribution in [0.1, 0.15) is 23.2 Å². The zero-order valence-electron chi connectivity index (χ0n) is 11.4. The largest absolute Gasteiger partial charge is 0.393 e. The Labute approximate surface area is 120 Å². The first-order valence-electron chi connectivity index (χ1n) is 6.66. The first-order chi connectivity index (χ1) is 9.93. The Kier molecular flexibility index (Phi) is 4.37. The second-order valence-corrected chi connectivity index (χ2v) is 5.11. The van der Waals surface area contributed by atoms with Crippen LogP contribution in [-0.4, -0.2) is 35.4 Å². The van der Waals surface area contributed by atoms with Gasteiger partial charge in [0.15, 0.2) is 0 Å². The molecule has 2 rings (SSSR count). The van der Waals surface area contributed by atoms with Crippen molar-refractivity contribution in [3.63, 3.8) is 0 Å². The van der Waals surface area contributed by atoms with Gasteiger partial charge in [0.2, 0.25) is 0 Å². The third-order valence-electron chi connectivity index (χ3n) is 3.79. The minimum Gasteiger partial charge on any atom is -0.393 e. The van der Waals surface area contributed by atoms with Gasteiger partial charge in [-0.05, 0) is 31.4 Å². The number of anilines is 1. The molecule has 4 N–H and O–H groups in total. The van der Waals surface area contributed by atoms with Crippen LogP contribution in [0.2, 0.25) is 0 Å². The highest BCUT2D eigenvalue weighted by atomic mass is 19.1. The van der Waals surface area contributed by atoms with Crippen LogP contribution < -0.4 is 11.5 Å². The number of nitro benzene ring substituents is 1. The van der Waals surface area contributed by atoms with Crippen molar-refractivity contribution in [2.45, 2.75) is 12.8 Å². The van der Waals surface area contributed by atoms with Gasteiger partial charge in [0.1, 0.15) is 11.5 Å². The van der Waals surface area contributed by atoms with Crippen LogP contribution in [0.15, 0.2) is 12.1 Å². The molecule has 1 amide bonds. The van der Waals surface area contributed by atoms with Gasteiger partial charge in [-0.2, -0.15) is 0 Å². The van der Waals surface area contributed by atoms with Crippen molar-refractivity contribution in [1.82, 2.24) is 4.90 Å². The molecule has 1 aromatic rings. The van der Waals surface area contributed by atoms with E-state index in [-0.39, 0.29) is 11.3 Å². The number of rotatable bonds is 3. The SMILES string of the molecule is NCC1CCN(C(=O)c2cc(F)cc([N+](=O)[O-])c2N)CC1. The summed E-state index contributed by atoms with van der Waals surface area (Å²) in [5.41, 5.74) is 10.2. The molecule has 7 nitrogen and oxygen atoms in total. The molecular weight excluding hydrogens is 279 g/mol. The molecule has 0 atom stereocenters. The van der Waals surface area contributed by atoms with E-state index in [1.807, 2.05) is 0 Å². The van der Waals surface area contributed by atoms with E-state index in [0.29, 0.717) is 31.6 Å². The Morgan fingerprint density at radius 2 is 2.05 bits per heavy atom. The summed E-state index contributed by atoms with van der Waals surface area (Å²) in [5, 5.41) is 10.8. The predicted molar refractivity (Wildman–Crippen MR) is 75.1 cm³/mol. The maximum atomic E-state index is 13.5. The lowest BCUT2D eigenvalue weighted by molar-refractivity contribution is -0.384. The van der Waals surface area contributed by atoms with Crippen molar-refractivity contribution in [2.75, 3.05) is 25.4 Å². The van der Waals surface area contributed by atoms with Crippen LogP contribution in [0, 0.1) is 21.8 Å². The average Bonchev–Trinajstić information content (AvgIpc) is 2.48. The highest BCUT2D eigenvalue weighted by Gasteiger charge is 2.27. The van der Waals surface area contributed by atoms with E-state index in [2.05, 4.69) is 0 Å². The Morgan fingerprint density at radius 3 is 2.57 bits per heavy atom. The van der Waals surface area contributed by atoms with Crippen LogP contribution in [0.3, 0.4) is 0 Å². The number of hydrogen-bond donors (Lipinski definition) is 2. The smallest absolute Gasteiger partial charge is 0.295 e. The number of nitrogens with zero attached hydrogens (tertiary/aromatic N) is 2. The molecular formula is C13H17FN4O3. The lowest BCUT2D eigenvalue weighted by atomic mass is 9.96. The average molecular weight is 296 g/mol. The number of benzene rings is 1. The third kappa shape index (κ3) is 3.10. The molecule has 0 spiro atoms. The summed E-state index contributed by atoms with van der Waals surface area (Å²) in [5.74, 6) is -0.963. The first-order valence-corrected chi connectivity index (χ1v) is 6.66. The summed E-state index contributed by atoms with van der Waals surface area (Å²) in [6, 6.07) is 1.66. The van der Waals surface area contributed by atoms with Crippen molar-refractivity contribution in [2.24, 2.45) is 11.7 Å². The predicted octanol–water partition coefficient (Wildman–Crippen LogP) is 1.13. The number of piperidine rings is 1. The number of halogens is 1. The summed E-state index contributed by atoms with van der Waals surface area (Å²) in [6.07, 6.45) is 1.53. The van der Waals surface area contributed by atoms with E-state index in [4.69, 9.17) is 11.5 Å². The summed E-state index contributed by atoms with van der Waals surface area (Å²) in [6.45, 7) is 1.55. The number of nitrogens with two attached hydrogens (primary N) is 2. The number of carbonyl (C=O) groups excluding carboxylic acids is 1. The summed E-state index contributed by atoms with van der Waals surface area (Å²) < 4.78 is 13.5. The fraction of sp³-hybridized carbons (Fsp3) is 0.462. The number of carbonyl (C=O) groups is 1. The number of hydrogen-bond acceptors (Lipinski definition) is 5. The van der Waals surface area contributed by atoms with Gasteiger partial charge in [-0.3, -0.25) is 14.9 Å². The molecule has 1 fully saturated rings. The van der Waals surface area contributed by atoms with Crippen LogP contribution in [-0.2, 0) is 0 Å². The van der Waals surface area contributed by atoms with E-state index in [1.54, 1.807) is 0 Å². The zero-order valence-corrected chi connectivity index (χ0v) is 11.4. The molecule has 114 valence electrons. The van der Waals surface area contributed by atoms with Gasteiger partial charge in [0.05, 0.1) is 16.6 Å². The molecule has 1 aromatic carbocycles. The van der Waals surface area contributed by atoms with Crippen molar-refractivity contribution in [1.29, 1.82) is 0 Å². The lowest BCUT2D eigenvalue weighted by Crippen LogP contribution is -2.40. The quantitative estimate of drug-likeness (QED) is 0.492. The van der Waals surface area contributed by atoms with Crippen molar-refractivity contribution in [3.05, 3.63) is 33.6 Å². The molecule has 0 aromatic heterocycles. The topological polar surface area (TPSA) is 115 Å². The summed E-state index contributed by atoms with van der Waals surface area (Å²) >= 11 is 0. The molecule has 0 aliphatic carbocycles. The minimum atomic E-state index is -0.851. The summed E-state index contributed by atoms with van der Waals surface area (Å²) in [4.78, 5) is 23.9. The fourth-order valence-corrected chi connectivity index (χ4v) is 2.47. The van der Waals surface area contributed by atoms with Gasteiger partial charge >= 0.3 is 0 Å². The molecule has 1 aliphatic rings. The standard InChI is InChI=1S/C13H17FN4O3/c14-9-5-10(12(16)11(6-9)18(20)21)13(19)17-3-1-8(7-15)2-4-17/h5-6,8H,1-4,7,15-16H2. The Balaban J connectivity index is 2.26. The van der Waals surface area contributed by atoms with Gasteiger partial charge in [-0.1, -0.05) is 0 Å². The normalized spacial score (nSPS) is 16.0. The molecule has 8 heteroatoms. The van der Waals surface area contributed by atoms with Crippen LogP contribution >= 0.6 is 0 Å². The molecule has 1 saturated heterocycles. The molecule has 21 heavy (non-hydrogen) atoms. The van der Waals surface area contributed by atoms with E-state index in [0.717, 1.165) is 18.9 Å². The molecule has 0 bridgehead atoms. The van der Waals surface area contributed by atoms with Gasteiger partial charge in [-0.15, -0.1) is 0 Å². The number of nitro groups is 1.